The second kappa shape index (κ2) is 3.16. The number of H-pyrrole nitrogens is 1. The number of aromatic nitrogens is 4. The molecule has 78 valence electrons. The summed E-state index contributed by atoms with van der Waals surface area (Å²) in [5.74, 6) is 0.852. The molecule has 0 saturated carbocycles. The maximum Gasteiger partial charge on any atom is 0.160 e. The molecule has 1 saturated heterocycles. The summed E-state index contributed by atoms with van der Waals surface area (Å²) in [5.41, 5.74) is 0.737. The highest BCUT2D eigenvalue weighted by Gasteiger charge is 2.23. The Bertz CT molecular complexity index is 482. The first kappa shape index (κ1) is 8.60. The quantitative estimate of drug-likeness (QED) is 0.681. The molecule has 6 heteroatoms. The van der Waals surface area contributed by atoms with E-state index < -0.39 is 0 Å². The van der Waals surface area contributed by atoms with Gasteiger partial charge in [0.05, 0.1) is 17.7 Å². The lowest BCUT2D eigenvalue weighted by Crippen LogP contribution is -2.22. The maximum absolute atomic E-state index is 9.48. The van der Waals surface area contributed by atoms with Crippen molar-refractivity contribution in [3.8, 4) is 0 Å². The Morgan fingerprint density at radius 3 is 3.20 bits per heavy atom. The van der Waals surface area contributed by atoms with Crippen LogP contribution in [0.15, 0.2) is 12.5 Å². The predicted molar refractivity (Wildman–Crippen MR) is 54.5 cm³/mol. The topological polar surface area (TPSA) is 77.9 Å². The number of anilines is 1. The first-order chi connectivity index (χ1) is 7.34. The monoisotopic (exact) mass is 205 g/mol. The van der Waals surface area contributed by atoms with Crippen LogP contribution in [-0.2, 0) is 0 Å². The number of nitrogens with one attached hydrogen (secondary N) is 1. The molecule has 0 unspecified atom stereocenters. The predicted octanol–water partition coefficient (Wildman–Crippen LogP) is -0.0761. The summed E-state index contributed by atoms with van der Waals surface area (Å²) < 4.78 is 0. The molecule has 2 N–H and O–H groups in total. The summed E-state index contributed by atoms with van der Waals surface area (Å²) in [5, 5.41) is 17.1. The second-order valence-corrected chi connectivity index (χ2v) is 3.72. The average Bonchev–Trinajstić information content (AvgIpc) is 2.84. The molecule has 0 spiro atoms. The molecule has 6 nitrogen and oxygen atoms in total. The summed E-state index contributed by atoms with van der Waals surface area (Å²) in [7, 11) is 0. The molecule has 1 aliphatic heterocycles. The summed E-state index contributed by atoms with van der Waals surface area (Å²) >= 11 is 0. The zero-order valence-electron chi connectivity index (χ0n) is 8.09. The van der Waals surface area contributed by atoms with E-state index in [-0.39, 0.29) is 6.10 Å². The highest BCUT2D eigenvalue weighted by molar-refractivity contribution is 5.86. The zero-order chi connectivity index (χ0) is 10.3. The van der Waals surface area contributed by atoms with Crippen molar-refractivity contribution in [1.29, 1.82) is 0 Å². The molecule has 0 amide bonds. The first-order valence-electron chi connectivity index (χ1n) is 4.91. The number of rotatable bonds is 1. The largest absolute Gasteiger partial charge is 0.391 e. The van der Waals surface area contributed by atoms with Gasteiger partial charge in [-0.05, 0) is 6.42 Å². The Labute approximate surface area is 86.0 Å². The maximum atomic E-state index is 9.48. The van der Waals surface area contributed by atoms with Gasteiger partial charge >= 0.3 is 0 Å². The van der Waals surface area contributed by atoms with Crippen LogP contribution in [0.1, 0.15) is 6.42 Å². The Hall–Kier alpha value is -1.69. The Kier molecular flexibility index (Phi) is 1.81. The third-order valence-electron chi connectivity index (χ3n) is 2.69. The molecule has 3 heterocycles. The van der Waals surface area contributed by atoms with Crippen molar-refractivity contribution in [3.63, 3.8) is 0 Å². The number of aromatic amines is 1. The number of hydrogen-bond donors (Lipinski definition) is 2. The number of aliphatic hydroxyl groups is 1. The van der Waals surface area contributed by atoms with Crippen molar-refractivity contribution in [1.82, 2.24) is 20.2 Å². The summed E-state index contributed by atoms with van der Waals surface area (Å²) in [6.45, 7) is 1.47. The highest BCUT2D eigenvalue weighted by Crippen LogP contribution is 2.24. The van der Waals surface area contributed by atoms with Crippen LogP contribution < -0.4 is 4.90 Å². The summed E-state index contributed by atoms with van der Waals surface area (Å²) in [4.78, 5) is 10.4. The van der Waals surface area contributed by atoms with Gasteiger partial charge in [0.2, 0.25) is 0 Å². The molecule has 1 atom stereocenters. The molecule has 0 bridgehead atoms. The van der Waals surface area contributed by atoms with Gasteiger partial charge in [-0.25, -0.2) is 9.97 Å². The average molecular weight is 205 g/mol. The van der Waals surface area contributed by atoms with Crippen LogP contribution in [0.3, 0.4) is 0 Å². The van der Waals surface area contributed by atoms with Gasteiger partial charge in [0.25, 0.3) is 0 Å². The molecule has 2 aromatic rings. The van der Waals surface area contributed by atoms with Crippen LogP contribution in [0.2, 0.25) is 0 Å². The van der Waals surface area contributed by atoms with Crippen LogP contribution in [0.4, 0.5) is 5.82 Å². The van der Waals surface area contributed by atoms with Gasteiger partial charge in [0.15, 0.2) is 5.65 Å². The van der Waals surface area contributed by atoms with Crippen molar-refractivity contribution >= 4 is 16.9 Å². The zero-order valence-corrected chi connectivity index (χ0v) is 8.09. The fraction of sp³-hybridized carbons (Fsp3) is 0.444. The van der Waals surface area contributed by atoms with Gasteiger partial charge in [-0.1, -0.05) is 0 Å². The van der Waals surface area contributed by atoms with Crippen molar-refractivity contribution in [3.05, 3.63) is 12.5 Å². The van der Waals surface area contributed by atoms with Gasteiger partial charge in [0, 0.05) is 13.1 Å². The standard InChI is InChI=1S/C9H11N5O/c15-6-1-2-14(4-6)9-7-3-12-13-8(7)10-5-11-9/h3,5-6,15H,1-2,4H2,(H,10,11,12,13)/t6-/m0/s1. The van der Waals surface area contributed by atoms with Crippen molar-refractivity contribution in [2.24, 2.45) is 0 Å². The van der Waals surface area contributed by atoms with E-state index in [9.17, 15) is 5.11 Å². The smallest absolute Gasteiger partial charge is 0.160 e. The number of fused-ring (bicyclic) bond motifs is 1. The minimum atomic E-state index is -0.248. The Morgan fingerprint density at radius 1 is 1.47 bits per heavy atom. The number of nitrogens with zero attached hydrogens (tertiary/aromatic N) is 4. The molecule has 0 aliphatic carbocycles. The lowest BCUT2D eigenvalue weighted by atomic mass is 10.3. The fourth-order valence-electron chi connectivity index (χ4n) is 1.94. The fourth-order valence-corrected chi connectivity index (χ4v) is 1.94. The molecule has 0 aromatic carbocycles. The molecule has 1 aliphatic rings. The van der Waals surface area contributed by atoms with Crippen LogP contribution in [0, 0.1) is 0 Å². The van der Waals surface area contributed by atoms with Crippen LogP contribution in [0.5, 0.6) is 0 Å². The molecule has 2 aromatic heterocycles. The summed E-state index contributed by atoms with van der Waals surface area (Å²) in [6, 6.07) is 0. The van der Waals surface area contributed by atoms with Crippen LogP contribution >= 0.6 is 0 Å². The van der Waals surface area contributed by atoms with Gasteiger partial charge in [-0.2, -0.15) is 5.10 Å². The van der Waals surface area contributed by atoms with Crippen LogP contribution in [0.25, 0.3) is 11.0 Å². The van der Waals surface area contributed by atoms with Crippen molar-refractivity contribution in [2.75, 3.05) is 18.0 Å². The van der Waals surface area contributed by atoms with E-state index >= 15 is 0 Å². The lowest BCUT2D eigenvalue weighted by molar-refractivity contribution is 0.198. The lowest BCUT2D eigenvalue weighted by Gasteiger charge is -2.16. The molecule has 1 fully saturated rings. The Morgan fingerprint density at radius 2 is 2.40 bits per heavy atom. The SMILES string of the molecule is O[C@H]1CCN(c2ncnc3[nH]ncc23)C1. The number of β-amino-alcohol motifs (C(OH)–C–C–N with tert-alkyl or cyclic N) is 1. The molecular weight excluding hydrogens is 194 g/mol. The molecule has 15 heavy (non-hydrogen) atoms. The molecule has 0 radical (unpaired) electrons. The normalized spacial score (nSPS) is 21.4. The van der Waals surface area contributed by atoms with Gasteiger partial charge in [-0.15, -0.1) is 0 Å². The first-order valence-corrected chi connectivity index (χ1v) is 4.91. The molecule has 3 rings (SSSR count). The minimum Gasteiger partial charge on any atom is -0.391 e. The number of hydrogen-bond acceptors (Lipinski definition) is 5. The van der Waals surface area contributed by atoms with E-state index in [1.807, 2.05) is 0 Å². The van der Waals surface area contributed by atoms with Crippen molar-refractivity contribution < 1.29 is 5.11 Å². The Balaban J connectivity index is 2.06. The van der Waals surface area contributed by atoms with Crippen molar-refractivity contribution in [2.45, 2.75) is 12.5 Å². The minimum absolute atomic E-state index is 0.248. The van der Waals surface area contributed by atoms with Gasteiger partial charge in [-0.3, -0.25) is 5.10 Å². The molecular formula is C9H11N5O. The van der Waals surface area contributed by atoms with E-state index in [2.05, 4.69) is 25.1 Å². The van der Waals surface area contributed by atoms with E-state index in [0.717, 1.165) is 29.8 Å². The second-order valence-electron chi connectivity index (χ2n) is 3.72. The van der Waals surface area contributed by atoms with Gasteiger partial charge in [0.1, 0.15) is 12.1 Å². The van der Waals surface area contributed by atoms with Crippen LogP contribution in [-0.4, -0.2) is 44.5 Å². The van der Waals surface area contributed by atoms with E-state index in [1.165, 1.54) is 6.33 Å². The van der Waals surface area contributed by atoms with E-state index in [4.69, 9.17) is 0 Å². The third-order valence-corrected chi connectivity index (χ3v) is 2.69. The van der Waals surface area contributed by atoms with E-state index in [0.29, 0.717) is 6.54 Å². The highest BCUT2D eigenvalue weighted by atomic mass is 16.3. The van der Waals surface area contributed by atoms with Gasteiger partial charge < -0.3 is 10.0 Å². The third kappa shape index (κ3) is 1.33. The summed E-state index contributed by atoms with van der Waals surface area (Å²) in [6.07, 6.45) is 3.78. The van der Waals surface area contributed by atoms with E-state index in [1.54, 1.807) is 6.20 Å². The number of aliphatic hydroxyl groups excluding tert-OH is 1.